The third-order valence-corrected chi connectivity index (χ3v) is 6.51. The summed E-state index contributed by atoms with van der Waals surface area (Å²) < 4.78 is 97.3. The number of halogens is 7. The van der Waals surface area contributed by atoms with E-state index < -0.39 is 66.6 Å². The van der Waals surface area contributed by atoms with Crippen molar-refractivity contribution in [3.05, 3.63) is 41.7 Å². The van der Waals surface area contributed by atoms with Crippen LogP contribution in [0.3, 0.4) is 0 Å². The van der Waals surface area contributed by atoms with Crippen molar-refractivity contribution >= 4 is 11.6 Å². The third-order valence-electron chi connectivity index (χ3n) is 6.51. The molecule has 8 nitrogen and oxygen atoms in total. The van der Waals surface area contributed by atoms with E-state index in [1.807, 2.05) is 0 Å². The first kappa shape index (κ1) is 27.3. The van der Waals surface area contributed by atoms with Crippen LogP contribution < -0.4 is 16.0 Å². The summed E-state index contributed by atoms with van der Waals surface area (Å²) in [6, 6.07) is 0.483. The molecule has 37 heavy (non-hydrogen) atoms. The average Bonchev–Trinajstić information content (AvgIpc) is 3.13. The van der Waals surface area contributed by atoms with E-state index in [9.17, 15) is 31.4 Å². The number of alkyl halides is 6. The van der Waals surface area contributed by atoms with E-state index in [4.69, 9.17) is 5.73 Å². The van der Waals surface area contributed by atoms with Crippen LogP contribution >= 0.6 is 0 Å². The fraction of sp³-hybridized carbons (Fsp3) is 0.591. The molecule has 2 fully saturated rings. The Hall–Kier alpha value is -2.78. The smallest absolute Gasteiger partial charge is 0.377 e. The lowest BCUT2D eigenvalue weighted by Gasteiger charge is -2.35. The number of hydrogen-bond acceptors (Lipinski definition) is 8. The minimum Gasteiger partial charge on any atom is -0.377 e. The highest BCUT2D eigenvalue weighted by Crippen LogP contribution is 2.44. The van der Waals surface area contributed by atoms with Gasteiger partial charge < -0.3 is 21.1 Å². The van der Waals surface area contributed by atoms with Crippen molar-refractivity contribution in [2.24, 2.45) is 11.7 Å². The number of aromatic nitrogens is 3. The maximum Gasteiger partial charge on any atom is 0.417 e. The van der Waals surface area contributed by atoms with Gasteiger partial charge in [0.15, 0.2) is 11.6 Å². The zero-order valence-corrected chi connectivity index (χ0v) is 19.5. The summed E-state index contributed by atoms with van der Waals surface area (Å²) in [5, 5.41) is 12.0. The van der Waals surface area contributed by atoms with Crippen molar-refractivity contribution < 1.29 is 35.8 Å². The van der Waals surface area contributed by atoms with Crippen molar-refractivity contribution in [1.82, 2.24) is 19.9 Å². The van der Waals surface area contributed by atoms with Crippen LogP contribution in [0.4, 0.5) is 42.4 Å². The number of hydrogen-bond donors (Lipinski definition) is 3. The molecule has 0 aromatic carbocycles. The molecule has 0 radical (unpaired) electrons. The van der Waals surface area contributed by atoms with Gasteiger partial charge in [0, 0.05) is 38.2 Å². The number of β-amino-alcohol motifs (C(OH)–C–C–N with tert-alkyl or cyclic N) is 1. The minimum absolute atomic E-state index is 0.00755. The van der Waals surface area contributed by atoms with E-state index in [2.05, 4.69) is 20.3 Å². The number of nitrogens with two attached hydrogens (primary N) is 1. The van der Waals surface area contributed by atoms with Gasteiger partial charge in [-0.1, -0.05) is 0 Å². The second-order valence-corrected chi connectivity index (χ2v) is 9.31. The second-order valence-electron chi connectivity index (χ2n) is 9.31. The van der Waals surface area contributed by atoms with Gasteiger partial charge in [0.05, 0.1) is 23.8 Å². The summed E-state index contributed by atoms with van der Waals surface area (Å²) in [5.41, 5.74) is 4.20. The van der Waals surface area contributed by atoms with Gasteiger partial charge >= 0.3 is 6.18 Å². The summed E-state index contributed by atoms with van der Waals surface area (Å²) in [5.74, 6) is -5.59. The molecule has 0 spiro atoms. The van der Waals surface area contributed by atoms with Crippen LogP contribution in [0.5, 0.6) is 0 Å². The molecule has 2 aliphatic rings. The Kier molecular flexibility index (Phi) is 7.76. The standard InChI is InChI=1S/C22H26F7N7O/c23-14-8-35(9-17(30)37)4-3-12(14)6-32-19-18(24)20(34-11-33-19)36-10-21(25,26)5-16(36)15-2-1-13(7-31-15)22(27,28)29/h1-2,7,11-12,14,16-17,37H,3-6,8-10,30H2,(H,32,33,34)/t12?,14-,16+,17?/m0/s1. The fourth-order valence-corrected chi connectivity index (χ4v) is 4.66. The highest BCUT2D eigenvalue weighted by molar-refractivity contribution is 5.53. The van der Waals surface area contributed by atoms with Crippen molar-refractivity contribution in [2.75, 3.05) is 42.9 Å². The van der Waals surface area contributed by atoms with Gasteiger partial charge in [0.25, 0.3) is 5.92 Å². The molecule has 0 saturated carbocycles. The molecule has 0 aliphatic carbocycles. The number of pyridine rings is 1. The summed E-state index contributed by atoms with van der Waals surface area (Å²) in [6.45, 7) is -0.273. The van der Waals surface area contributed by atoms with E-state index in [-0.39, 0.29) is 31.1 Å². The van der Waals surface area contributed by atoms with Gasteiger partial charge in [-0.3, -0.25) is 9.88 Å². The highest BCUT2D eigenvalue weighted by atomic mass is 19.4. The Balaban J connectivity index is 1.49. The van der Waals surface area contributed by atoms with Crippen molar-refractivity contribution in [3.8, 4) is 0 Å². The summed E-state index contributed by atoms with van der Waals surface area (Å²) in [6.07, 6.45) is -5.90. The molecule has 4 heterocycles. The van der Waals surface area contributed by atoms with Gasteiger partial charge in [-0.25, -0.2) is 23.1 Å². The summed E-state index contributed by atoms with van der Waals surface area (Å²) in [4.78, 5) is 14.0. The first-order valence-electron chi connectivity index (χ1n) is 11.6. The van der Waals surface area contributed by atoms with Crippen LogP contribution in [0.1, 0.15) is 30.1 Å². The third kappa shape index (κ3) is 6.38. The maximum absolute atomic E-state index is 15.4. The number of anilines is 2. The monoisotopic (exact) mass is 537 g/mol. The Morgan fingerprint density at radius 3 is 2.59 bits per heavy atom. The largest absolute Gasteiger partial charge is 0.417 e. The normalized spacial score (nSPS) is 25.3. The molecule has 0 bridgehead atoms. The maximum atomic E-state index is 15.4. The van der Waals surface area contributed by atoms with Crippen LogP contribution in [-0.4, -0.2) is 76.0 Å². The Bertz CT molecular complexity index is 1070. The van der Waals surface area contributed by atoms with Crippen molar-refractivity contribution in [3.63, 3.8) is 0 Å². The van der Waals surface area contributed by atoms with Crippen LogP contribution in [0.15, 0.2) is 24.7 Å². The Morgan fingerprint density at radius 2 is 1.97 bits per heavy atom. The Labute approximate surface area is 207 Å². The minimum atomic E-state index is -4.65. The molecule has 15 heteroatoms. The van der Waals surface area contributed by atoms with Gasteiger partial charge in [-0.05, 0) is 25.1 Å². The van der Waals surface area contributed by atoms with Gasteiger partial charge in [-0.15, -0.1) is 0 Å². The molecule has 0 amide bonds. The van der Waals surface area contributed by atoms with E-state index in [0.29, 0.717) is 19.2 Å². The molecule has 2 aromatic heterocycles. The van der Waals surface area contributed by atoms with E-state index >= 15 is 4.39 Å². The van der Waals surface area contributed by atoms with Crippen LogP contribution in [0.25, 0.3) is 0 Å². The number of nitrogens with one attached hydrogen (secondary N) is 1. The number of aliphatic hydroxyl groups is 1. The van der Waals surface area contributed by atoms with Crippen LogP contribution in [0, 0.1) is 11.7 Å². The second kappa shape index (κ2) is 10.5. The van der Waals surface area contributed by atoms with Gasteiger partial charge in [-0.2, -0.15) is 17.6 Å². The van der Waals surface area contributed by atoms with Crippen molar-refractivity contribution in [1.29, 1.82) is 0 Å². The molecule has 204 valence electrons. The molecule has 4 N–H and O–H groups in total. The molecular formula is C22H26F7N7O. The lowest BCUT2D eigenvalue weighted by molar-refractivity contribution is -0.137. The Morgan fingerprint density at radius 1 is 1.22 bits per heavy atom. The number of aliphatic hydroxyl groups excluding tert-OH is 1. The first-order valence-corrected chi connectivity index (χ1v) is 11.6. The SMILES string of the molecule is NC(O)CN1CCC(CNc2ncnc(N3CC(F)(F)C[C@@H]3c3ccc(C(F)(F)F)cn3)c2F)[C@@H](F)C1. The molecule has 4 rings (SSSR count). The number of piperidine rings is 1. The number of nitrogens with zero attached hydrogens (tertiary/aromatic N) is 5. The van der Waals surface area contributed by atoms with Crippen molar-refractivity contribution in [2.45, 2.75) is 43.4 Å². The number of likely N-dealkylation sites (tertiary alicyclic amines) is 1. The highest BCUT2D eigenvalue weighted by Gasteiger charge is 2.48. The molecular weight excluding hydrogens is 511 g/mol. The molecule has 2 aromatic rings. The molecule has 4 atom stereocenters. The lowest BCUT2D eigenvalue weighted by Crippen LogP contribution is -2.48. The summed E-state index contributed by atoms with van der Waals surface area (Å²) >= 11 is 0. The zero-order valence-electron chi connectivity index (χ0n) is 19.5. The van der Waals surface area contributed by atoms with Crippen LogP contribution in [-0.2, 0) is 6.18 Å². The van der Waals surface area contributed by atoms with E-state index in [1.54, 1.807) is 4.90 Å². The zero-order chi connectivity index (χ0) is 27.0. The molecule has 2 aliphatic heterocycles. The topological polar surface area (TPSA) is 103 Å². The van der Waals surface area contributed by atoms with Crippen LogP contribution in [0.2, 0.25) is 0 Å². The molecule has 2 unspecified atom stereocenters. The first-order chi connectivity index (χ1) is 17.3. The predicted octanol–water partition coefficient (Wildman–Crippen LogP) is 2.97. The summed E-state index contributed by atoms with van der Waals surface area (Å²) in [7, 11) is 0. The lowest BCUT2D eigenvalue weighted by atomic mass is 9.95. The predicted molar refractivity (Wildman–Crippen MR) is 119 cm³/mol. The van der Waals surface area contributed by atoms with E-state index in [0.717, 1.165) is 23.4 Å². The van der Waals surface area contributed by atoms with E-state index in [1.165, 1.54) is 0 Å². The average molecular weight is 537 g/mol. The van der Waals surface area contributed by atoms with Gasteiger partial charge in [0.1, 0.15) is 18.7 Å². The fourth-order valence-electron chi connectivity index (χ4n) is 4.66. The quantitative estimate of drug-likeness (QED) is 0.366. The number of rotatable bonds is 7. The molecule has 2 saturated heterocycles. The van der Waals surface area contributed by atoms with Gasteiger partial charge in [0.2, 0.25) is 5.82 Å².